The zero-order valence-corrected chi connectivity index (χ0v) is 16.7. The number of alkyl halides is 3. The first-order chi connectivity index (χ1) is 13.8. The number of carbonyl (C=O) groups excluding carboxylic acids is 2. The van der Waals surface area contributed by atoms with Crippen molar-refractivity contribution in [1.82, 2.24) is 0 Å². The molecule has 0 aliphatic rings. The fraction of sp³-hybridized carbons (Fsp3) is 0.263. The highest BCUT2D eigenvalue weighted by Gasteiger charge is 2.31. The number of rotatable bonds is 7. The molecule has 0 heterocycles. The van der Waals surface area contributed by atoms with Gasteiger partial charge in [0.05, 0.1) is 11.3 Å². The average molecular weight is 445 g/mol. The summed E-state index contributed by atoms with van der Waals surface area (Å²) in [6.45, 7) is 1.31. The maximum absolute atomic E-state index is 12.2. The van der Waals surface area contributed by atoms with Crippen molar-refractivity contribution in [3.63, 3.8) is 0 Å². The van der Waals surface area contributed by atoms with E-state index in [1.165, 1.54) is 37.3 Å². The molecule has 1 N–H and O–H groups in total. The van der Waals surface area contributed by atoms with Gasteiger partial charge in [-0.2, -0.15) is 0 Å². The number of sulfone groups is 1. The lowest BCUT2D eigenvalue weighted by atomic mass is 10.1. The topological polar surface area (TPSA) is 98.8 Å². The number of benzene rings is 2. The van der Waals surface area contributed by atoms with Crippen molar-refractivity contribution in [1.29, 1.82) is 0 Å². The molecule has 11 heteroatoms. The maximum atomic E-state index is 12.2. The van der Waals surface area contributed by atoms with Crippen LogP contribution in [-0.4, -0.2) is 39.0 Å². The van der Waals surface area contributed by atoms with Crippen LogP contribution in [0, 0.1) is 0 Å². The number of hydrogen-bond acceptors (Lipinski definition) is 6. The van der Waals surface area contributed by atoms with Crippen molar-refractivity contribution >= 4 is 27.4 Å². The molecular weight excluding hydrogens is 427 g/mol. The zero-order valence-electron chi connectivity index (χ0n) is 15.9. The smallest absolute Gasteiger partial charge is 0.449 e. The molecule has 1 unspecified atom stereocenters. The Morgan fingerprint density at radius 1 is 1.10 bits per heavy atom. The Hall–Kier alpha value is -3.08. The average Bonchev–Trinajstić information content (AvgIpc) is 2.60. The molecule has 2 aromatic rings. The molecule has 0 aliphatic heterocycles. The Balaban J connectivity index is 1.97. The molecule has 0 bridgehead atoms. The molecule has 162 valence electrons. The van der Waals surface area contributed by atoms with E-state index < -0.39 is 39.9 Å². The number of carbonyl (C=O) groups is 2. The number of amides is 1. The molecule has 0 radical (unpaired) electrons. The van der Waals surface area contributed by atoms with E-state index in [1.54, 1.807) is 6.07 Å². The highest BCUT2D eigenvalue weighted by atomic mass is 32.2. The zero-order chi connectivity index (χ0) is 22.5. The third-order valence-corrected chi connectivity index (χ3v) is 4.46. The van der Waals surface area contributed by atoms with Crippen LogP contribution in [0.3, 0.4) is 0 Å². The van der Waals surface area contributed by atoms with Gasteiger partial charge in [-0.3, -0.25) is 4.79 Å². The van der Waals surface area contributed by atoms with Crippen molar-refractivity contribution < 1.29 is 40.7 Å². The number of esters is 1. The van der Waals surface area contributed by atoms with Gasteiger partial charge in [-0.15, -0.1) is 13.2 Å². The van der Waals surface area contributed by atoms with Crippen LogP contribution in [0.5, 0.6) is 5.75 Å². The lowest BCUT2D eigenvalue weighted by molar-refractivity contribution is -0.274. The van der Waals surface area contributed by atoms with E-state index in [0.717, 1.165) is 18.4 Å². The van der Waals surface area contributed by atoms with E-state index in [1.807, 2.05) is 0 Å². The standard InChI is InChI=1S/C19H18F3NO6S/c1-12(17(24)23-15-6-8-16(9-7-15)29-19(20,21)22)28-18(25)14-5-3-4-13(10-14)11-30(2,26)27/h3-10,12H,11H2,1-2H3,(H,23,24). The summed E-state index contributed by atoms with van der Waals surface area (Å²) in [6.07, 6.45) is -4.99. The van der Waals surface area contributed by atoms with Gasteiger partial charge in [0.1, 0.15) is 5.75 Å². The minimum absolute atomic E-state index is 0.0736. The summed E-state index contributed by atoms with van der Waals surface area (Å²) in [4.78, 5) is 24.4. The molecule has 0 saturated carbocycles. The first kappa shape index (κ1) is 23.2. The minimum Gasteiger partial charge on any atom is -0.449 e. The maximum Gasteiger partial charge on any atom is 0.573 e. The van der Waals surface area contributed by atoms with Gasteiger partial charge in [-0.25, -0.2) is 13.2 Å². The van der Waals surface area contributed by atoms with Gasteiger partial charge < -0.3 is 14.8 Å². The summed E-state index contributed by atoms with van der Waals surface area (Å²) in [5.41, 5.74) is 0.641. The van der Waals surface area contributed by atoms with E-state index in [9.17, 15) is 31.2 Å². The number of ether oxygens (including phenoxy) is 2. The van der Waals surface area contributed by atoms with Crippen molar-refractivity contribution in [2.45, 2.75) is 25.1 Å². The van der Waals surface area contributed by atoms with E-state index in [2.05, 4.69) is 10.1 Å². The second-order valence-corrected chi connectivity index (χ2v) is 8.52. The van der Waals surface area contributed by atoms with Crippen LogP contribution in [0.15, 0.2) is 48.5 Å². The molecule has 0 saturated heterocycles. The molecule has 2 rings (SSSR count). The molecule has 7 nitrogen and oxygen atoms in total. The molecule has 0 aliphatic carbocycles. The van der Waals surface area contributed by atoms with E-state index in [-0.39, 0.29) is 17.0 Å². The summed E-state index contributed by atoms with van der Waals surface area (Å²) >= 11 is 0. The molecular formula is C19H18F3NO6S. The van der Waals surface area contributed by atoms with Crippen LogP contribution >= 0.6 is 0 Å². The summed E-state index contributed by atoms with van der Waals surface area (Å²) in [7, 11) is -3.29. The molecule has 2 aromatic carbocycles. The van der Waals surface area contributed by atoms with Crippen molar-refractivity contribution in [3.05, 3.63) is 59.7 Å². The van der Waals surface area contributed by atoms with Gasteiger partial charge in [0.15, 0.2) is 15.9 Å². The van der Waals surface area contributed by atoms with Crippen LogP contribution in [0.1, 0.15) is 22.8 Å². The number of nitrogens with one attached hydrogen (secondary N) is 1. The van der Waals surface area contributed by atoms with Gasteiger partial charge in [-0.1, -0.05) is 12.1 Å². The first-order valence-corrected chi connectivity index (χ1v) is 10.5. The van der Waals surface area contributed by atoms with Gasteiger partial charge in [0.2, 0.25) is 0 Å². The largest absolute Gasteiger partial charge is 0.573 e. The summed E-state index contributed by atoms with van der Waals surface area (Å²) < 4.78 is 68.0. The first-order valence-electron chi connectivity index (χ1n) is 8.47. The van der Waals surface area contributed by atoms with E-state index >= 15 is 0 Å². The quantitative estimate of drug-likeness (QED) is 0.657. The van der Waals surface area contributed by atoms with Crippen LogP contribution < -0.4 is 10.1 Å². The van der Waals surface area contributed by atoms with E-state index in [4.69, 9.17) is 4.74 Å². The molecule has 1 amide bonds. The number of anilines is 1. The summed E-state index contributed by atoms with van der Waals surface area (Å²) in [6, 6.07) is 10.2. The van der Waals surface area contributed by atoms with Crippen molar-refractivity contribution in [3.8, 4) is 5.75 Å². The predicted octanol–water partition coefficient (Wildman–Crippen LogP) is 3.31. The fourth-order valence-electron chi connectivity index (χ4n) is 2.36. The highest BCUT2D eigenvalue weighted by Crippen LogP contribution is 2.24. The Labute approximate surface area is 170 Å². The molecule has 0 fully saturated rings. The molecule has 0 spiro atoms. The SMILES string of the molecule is CC(OC(=O)c1cccc(CS(C)(=O)=O)c1)C(=O)Nc1ccc(OC(F)(F)F)cc1. The predicted molar refractivity (Wildman–Crippen MR) is 102 cm³/mol. The van der Waals surface area contributed by atoms with Gasteiger partial charge in [-0.05, 0) is 48.9 Å². The summed E-state index contributed by atoms with van der Waals surface area (Å²) in [5.74, 6) is -2.24. The summed E-state index contributed by atoms with van der Waals surface area (Å²) in [5, 5.41) is 2.40. The van der Waals surface area contributed by atoms with Crippen LogP contribution in [0.4, 0.5) is 18.9 Å². The Morgan fingerprint density at radius 2 is 1.73 bits per heavy atom. The Kier molecular flexibility index (Phi) is 7.08. The van der Waals surface area contributed by atoms with E-state index in [0.29, 0.717) is 5.56 Å². The second-order valence-electron chi connectivity index (χ2n) is 6.38. The Morgan fingerprint density at radius 3 is 2.30 bits per heavy atom. The number of halogens is 3. The van der Waals surface area contributed by atoms with Gasteiger partial charge in [0, 0.05) is 11.9 Å². The molecule has 30 heavy (non-hydrogen) atoms. The van der Waals surface area contributed by atoms with Crippen LogP contribution in [0.25, 0.3) is 0 Å². The molecule has 0 aromatic heterocycles. The van der Waals surface area contributed by atoms with Gasteiger partial charge >= 0.3 is 12.3 Å². The highest BCUT2D eigenvalue weighted by molar-refractivity contribution is 7.89. The van der Waals surface area contributed by atoms with Crippen LogP contribution in [-0.2, 0) is 25.1 Å². The van der Waals surface area contributed by atoms with Crippen molar-refractivity contribution in [2.24, 2.45) is 0 Å². The van der Waals surface area contributed by atoms with Crippen molar-refractivity contribution in [2.75, 3.05) is 11.6 Å². The second kappa shape index (κ2) is 9.16. The third kappa shape index (κ3) is 7.74. The normalized spacial score (nSPS) is 12.7. The lowest BCUT2D eigenvalue weighted by Crippen LogP contribution is -2.30. The fourth-order valence-corrected chi connectivity index (χ4v) is 3.14. The lowest BCUT2D eigenvalue weighted by Gasteiger charge is -2.14. The third-order valence-electron chi connectivity index (χ3n) is 3.60. The molecule has 1 atom stereocenters. The minimum atomic E-state index is -4.83. The monoisotopic (exact) mass is 445 g/mol. The van der Waals surface area contributed by atoms with Crippen LogP contribution in [0.2, 0.25) is 0 Å². The Bertz CT molecular complexity index is 1020. The van der Waals surface area contributed by atoms with Gasteiger partial charge in [0.25, 0.3) is 5.91 Å². The number of hydrogen-bond donors (Lipinski definition) is 1.